The molecule has 0 saturated carbocycles. The first-order chi connectivity index (χ1) is 7.65. The number of hydrogen-bond donors (Lipinski definition) is 3. The van der Waals surface area contributed by atoms with Crippen LogP contribution in [0.25, 0.3) is 0 Å². The summed E-state index contributed by atoms with van der Waals surface area (Å²) in [5.41, 5.74) is -0.599. The zero-order valence-electron chi connectivity index (χ0n) is 11.0. The van der Waals surface area contributed by atoms with Crippen molar-refractivity contribution in [1.82, 2.24) is 10.6 Å². The first-order valence-corrected chi connectivity index (χ1v) is 5.56. The van der Waals surface area contributed by atoms with E-state index < -0.39 is 17.7 Å². The second-order valence-electron chi connectivity index (χ2n) is 4.96. The predicted octanol–water partition coefficient (Wildman–Crippen LogP) is 0.397. The van der Waals surface area contributed by atoms with Crippen LogP contribution in [0, 0.1) is 0 Å². The Hall–Kier alpha value is -1.30. The molecule has 0 aliphatic rings. The van der Waals surface area contributed by atoms with Gasteiger partial charge in [0.2, 0.25) is 5.91 Å². The number of amides is 2. The van der Waals surface area contributed by atoms with Crippen LogP contribution < -0.4 is 10.6 Å². The minimum Gasteiger partial charge on any atom is -0.444 e. The Labute approximate surface area is 102 Å². The molecule has 1 unspecified atom stereocenters. The molecule has 6 heteroatoms. The van der Waals surface area contributed by atoms with Crippen LogP contribution in [0.3, 0.4) is 0 Å². The monoisotopic (exact) mass is 246 g/mol. The van der Waals surface area contributed by atoms with Gasteiger partial charge in [0, 0.05) is 6.04 Å². The number of hydrogen-bond acceptors (Lipinski definition) is 4. The number of ether oxygens (including phenoxy) is 1. The highest BCUT2D eigenvalue weighted by atomic mass is 16.6. The molecule has 17 heavy (non-hydrogen) atoms. The molecule has 0 fully saturated rings. The Bertz CT molecular complexity index is 273. The second-order valence-corrected chi connectivity index (χ2v) is 4.96. The van der Waals surface area contributed by atoms with Crippen molar-refractivity contribution >= 4 is 12.0 Å². The number of carbonyl (C=O) groups is 2. The van der Waals surface area contributed by atoms with Crippen molar-refractivity contribution in [1.29, 1.82) is 0 Å². The number of nitrogens with one attached hydrogen (secondary N) is 2. The number of rotatable bonds is 4. The number of aliphatic hydroxyl groups is 1. The Balaban J connectivity index is 4.12. The van der Waals surface area contributed by atoms with Crippen LogP contribution in [-0.2, 0) is 9.53 Å². The summed E-state index contributed by atoms with van der Waals surface area (Å²) >= 11 is 0. The van der Waals surface area contributed by atoms with Gasteiger partial charge in [0.05, 0.1) is 6.61 Å². The topological polar surface area (TPSA) is 87.7 Å². The van der Waals surface area contributed by atoms with E-state index in [1.165, 1.54) is 0 Å². The average molecular weight is 246 g/mol. The lowest BCUT2D eigenvalue weighted by Crippen LogP contribution is -2.49. The summed E-state index contributed by atoms with van der Waals surface area (Å²) in [6.07, 6.45) is -0.642. The van der Waals surface area contributed by atoms with Gasteiger partial charge in [0.15, 0.2) is 0 Å². The van der Waals surface area contributed by atoms with Crippen LogP contribution in [0.15, 0.2) is 0 Å². The largest absolute Gasteiger partial charge is 0.444 e. The molecule has 6 nitrogen and oxygen atoms in total. The van der Waals surface area contributed by atoms with Gasteiger partial charge in [-0.1, -0.05) is 0 Å². The van der Waals surface area contributed by atoms with E-state index in [0.717, 1.165) is 0 Å². The molecule has 0 heterocycles. The van der Waals surface area contributed by atoms with E-state index >= 15 is 0 Å². The van der Waals surface area contributed by atoms with E-state index in [-0.39, 0.29) is 18.6 Å². The van der Waals surface area contributed by atoms with E-state index in [1.54, 1.807) is 34.6 Å². The average Bonchev–Trinajstić information content (AvgIpc) is 2.14. The van der Waals surface area contributed by atoms with Gasteiger partial charge in [-0.3, -0.25) is 4.79 Å². The minimum absolute atomic E-state index is 0.148. The molecule has 0 saturated heterocycles. The summed E-state index contributed by atoms with van der Waals surface area (Å²) in [6.45, 7) is 8.29. The SMILES string of the molecule is CC(CO)NC(=O)[C@H](C)NC(=O)OC(C)(C)C. The highest BCUT2D eigenvalue weighted by molar-refractivity contribution is 5.85. The van der Waals surface area contributed by atoms with Crippen molar-refractivity contribution in [2.24, 2.45) is 0 Å². The zero-order valence-corrected chi connectivity index (χ0v) is 11.0. The molecular formula is C11H22N2O4. The molecule has 0 aliphatic heterocycles. The third-order valence-electron chi connectivity index (χ3n) is 1.79. The molecule has 2 amide bonds. The minimum atomic E-state index is -0.709. The van der Waals surface area contributed by atoms with E-state index in [2.05, 4.69) is 10.6 Å². The van der Waals surface area contributed by atoms with Gasteiger partial charge >= 0.3 is 6.09 Å². The van der Waals surface area contributed by atoms with Crippen LogP contribution in [0.1, 0.15) is 34.6 Å². The van der Waals surface area contributed by atoms with Crippen molar-refractivity contribution < 1.29 is 19.4 Å². The van der Waals surface area contributed by atoms with Crippen molar-refractivity contribution in [2.45, 2.75) is 52.3 Å². The fourth-order valence-electron chi connectivity index (χ4n) is 0.963. The lowest BCUT2D eigenvalue weighted by atomic mass is 10.2. The van der Waals surface area contributed by atoms with E-state index in [9.17, 15) is 9.59 Å². The molecular weight excluding hydrogens is 224 g/mol. The Morgan fingerprint density at radius 3 is 2.18 bits per heavy atom. The van der Waals surface area contributed by atoms with E-state index in [1.807, 2.05) is 0 Å². The fourth-order valence-corrected chi connectivity index (χ4v) is 0.963. The molecule has 0 rings (SSSR count). The second kappa shape index (κ2) is 6.44. The molecule has 0 bridgehead atoms. The number of carbonyl (C=O) groups excluding carboxylic acids is 2. The van der Waals surface area contributed by atoms with Gasteiger partial charge in [0.25, 0.3) is 0 Å². The first kappa shape index (κ1) is 15.7. The van der Waals surface area contributed by atoms with Crippen LogP contribution in [-0.4, -0.2) is 41.4 Å². The summed E-state index contributed by atoms with van der Waals surface area (Å²) in [5.74, 6) is -0.364. The normalized spacial score (nSPS) is 14.7. The first-order valence-electron chi connectivity index (χ1n) is 5.56. The van der Waals surface area contributed by atoms with Gasteiger partial charge < -0.3 is 20.5 Å². The van der Waals surface area contributed by atoms with Crippen LogP contribution in [0.2, 0.25) is 0 Å². The molecule has 0 aromatic carbocycles. The molecule has 100 valence electrons. The highest BCUT2D eigenvalue weighted by Gasteiger charge is 2.21. The van der Waals surface area contributed by atoms with Crippen molar-refractivity contribution in [3.63, 3.8) is 0 Å². The summed E-state index contributed by atoms with van der Waals surface area (Å²) in [6, 6.07) is -1.05. The smallest absolute Gasteiger partial charge is 0.408 e. The fraction of sp³-hybridized carbons (Fsp3) is 0.818. The van der Waals surface area contributed by atoms with Crippen LogP contribution in [0.4, 0.5) is 4.79 Å². The predicted molar refractivity (Wildman–Crippen MR) is 63.5 cm³/mol. The molecule has 0 spiro atoms. The summed E-state index contributed by atoms with van der Waals surface area (Å²) in [5, 5.41) is 13.7. The Morgan fingerprint density at radius 2 is 1.76 bits per heavy atom. The van der Waals surface area contributed by atoms with Crippen LogP contribution in [0.5, 0.6) is 0 Å². The molecule has 0 aromatic rings. The summed E-state index contributed by atoms with van der Waals surface area (Å²) in [7, 11) is 0. The summed E-state index contributed by atoms with van der Waals surface area (Å²) < 4.78 is 5.01. The maximum atomic E-state index is 11.5. The van der Waals surface area contributed by atoms with Crippen molar-refractivity contribution in [3.8, 4) is 0 Å². The van der Waals surface area contributed by atoms with Crippen molar-refractivity contribution in [2.75, 3.05) is 6.61 Å². The third-order valence-corrected chi connectivity index (χ3v) is 1.79. The molecule has 3 N–H and O–H groups in total. The van der Waals surface area contributed by atoms with Gasteiger partial charge in [-0.15, -0.1) is 0 Å². The maximum absolute atomic E-state index is 11.5. The van der Waals surface area contributed by atoms with Crippen LogP contribution >= 0.6 is 0 Å². The van der Waals surface area contributed by atoms with E-state index in [0.29, 0.717) is 0 Å². The lowest BCUT2D eigenvalue weighted by Gasteiger charge is -2.22. The zero-order chi connectivity index (χ0) is 13.6. The molecule has 0 aromatic heterocycles. The third kappa shape index (κ3) is 7.57. The standard InChI is InChI=1S/C11H22N2O4/c1-7(6-14)12-9(15)8(2)13-10(16)17-11(3,4)5/h7-8,14H,6H2,1-5H3,(H,12,15)(H,13,16)/t7?,8-/m0/s1. The summed E-state index contributed by atoms with van der Waals surface area (Å²) in [4.78, 5) is 22.9. The highest BCUT2D eigenvalue weighted by Crippen LogP contribution is 2.06. The maximum Gasteiger partial charge on any atom is 0.408 e. The number of aliphatic hydroxyl groups excluding tert-OH is 1. The Morgan fingerprint density at radius 1 is 1.24 bits per heavy atom. The quantitative estimate of drug-likeness (QED) is 0.670. The molecule has 2 atom stereocenters. The van der Waals surface area contributed by atoms with Gasteiger partial charge in [-0.25, -0.2) is 4.79 Å². The lowest BCUT2D eigenvalue weighted by molar-refractivity contribution is -0.123. The van der Waals surface area contributed by atoms with Crippen molar-refractivity contribution in [3.05, 3.63) is 0 Å². The van der Waals surface area contributed by atoms with Gasteiger partial charge in [0.1, 0.15) is 11.6 Å². The number of alkyl carbamates (subject to hydrolysis) is 1. The van der Waals surface area contributed by atoms with Gasteiger partial charge in [-0.05, 0) is 34.6 Å². The molecule has 0 aliphatic carbocycles. The van der Waals surface area contributed by atoms with E-state index in [4.69, 9.17) is 9.84 Å². The van der Waals surface area contributed by atoms with Gasteiger partial charge in [-0.2, -0.15) is 0 Å². The molecule has 0 radical (unpaired) electrons. The Kier molecular flexibility index (Phi) is 5.95.